The van der Waals surface area contributed by atoms with Crippen LogP contribution in [0.25, 0.3) is 11.5 Å². The molecule has 0 spiro atoms. The number of benzene rings is 1. The fraction of sp³-hybridized carbons (Fsp3) is 0.429. The molecule has 1 aromatic heterocycles. The van der Waals surface area contributed by atoms with E-state index in [1.54, 1.807) is 0 Å². The van der Waals surface area contributed by atoms with Gasteiger partial charge in [0, 0.05) is 17.9 Å². The van der Waals surface area contributed by atoms with Crippen molar-refractivity contribution in [3.8, 4) is 11.5 Å². The zero-order chi connectivity index (χ0) is 13.8. The third-order valence-corrected chi connectivity index (χ3v) is 2.96. The molecule has 0 saturated heterocycles. The Balaban J connectivity index is 2.32. The summed E-state index contributed by atoms with van der Waals surface area (Å²) >= 11 is 0. The van der Waals surface area contributed by atoms with Crippen molar-refractivity contribution in [2.75, 3.05) is 12.3 Å². The van der Waals surface area contributed by atoms with Gasteiger partial charge in [-0.25, -0.2) is 0 Å². The predicted octanol–water partition coefficient (Wildman–Crippen LogP) is 3.11. The first-order valence-corrected chi connectivity index (χ1v) is 6.47. The van der Waals surface area contributed by atoms with E-state index in [1.165, 1.54) is 0 Å². The zero-order valence-corrected chi connectivity index (χ0v) is 11.5. The smallest absolute Gasteiger partial charge is 0.258 e. The van der Waals surface area contributed by atoms with Crippen molar-refractivity contribution in [1.29, 1.82) is 0 Å². The highest BCUT2D eigenvalue weighted by Gasteiger charge is 2.18. The number of anilines is 1. The van der Waals surface area contributed by atoms with Crippen molar-refractivity contribution in [1.82, 2.24) is 10.1 Å². The molecule has 2 rings (SSSR count). The zero-order valence-electron chi connectivity index (χ0n) is 11.5. The Hall–Kier alpha value is -1.88. The van der Waals surface area contributed by atoms with Crippen LogP contribution in [0.3, 0.4) is 0 Å². The highest BCUT2D eigenvalue weighted by Crippen LogP contribution is 2.26. The molecule has 0 aliphatic rings. The molecule has 0 aliphatic carbocycles. The minimum atomic E-state index is -0.121. The number of aryl methyl sites for hydroxylation is 1. The summed E-state index contributed by atoms with van der Waals surface area (Å²) in [6.07, 6.45) is 0.687. The molecule has 1 unspecified atom stereocenters. The SMILES string of the molecule is CCOC(CC)c1noc(-c2cc(N)ccc2C)n1. The molecular weight excluding hydrogens is 242 g/mol. The first-order valence-electron chi connectivity index (χ1n) is 6.47. The van der Waals surface area contributed by atoms with Crippen LogP contribution in [0.15, 0.2) is 22.7 Å². The van der Waals surface area contributed by atoms with Crippen molar-refractivity contribution < 1.29 is 9.26 Å². The van der Waals surface area contributed by atoms with Crippen LogP contribution in [-0.4, -0.2) is 16.7 Å². The van der Waals surface area contributed by atoms with Crippen LogP contribution in [0.5, 0.6) is 0 Å². The van der Waals surface area contributed by atoms with Crippen LogP contribution in [0.1, 0.15) is 37.8 Å². The van der Waals surface area contributed by atoms with E-state index in [0.717, 1.165) is 17.5 Å². The maximum atomic E-state index is 5.79. The molecule has 0 aliphatic heterocycles. The molecule has 0 saturated carbocycles. The largest absolute Gasteiger partial charge is 0.399 e. The first-order chi connectivity index (χ1) is 9.15. The Kier molecular flexibility index (Phi) is 4.16. The molecule has 0 amide bonds. The topological polar surface area (TPSA) is 74.2 Å². The minimum absolute atomic E-state index is 0.121. The van der Waals surface area contributed by atoms with Crippen LogP contribution in [0.4, 0.5) is 5.69 Å². The second kappa shape index (κ2) is 5.84. The summed E-state index contributed by atoms with van der Waals surface area (Å²) in [4.78, 5) is 4.41. The summed E-state index contributed by atoms with van der Waals surface area (Å²) in [6.45, 7) is 6.59. The monoisotopic (exact) mass is 261 g/mol. The molecule has 5 nitrogen and oxygen atoms in total. The molecule has 1 aromatic carbocycles. The third kappa shape index (κ3) is 2.93. The average molecular weight is 261 g/mol. The summed E-state index contributed by atoms with van der Waals surface area (Å²) in [7, 11) is 0. The van der Waals surface area contributed by atoms with Gasteiger partial charge in [-0.2, -0.15) is 4.98 Å². The Morgan fingerprint density at radius 2 is 2.16 bits per heavy atom. The van der Waals surface area contributed by atoms with Crippen LogP contribution < -0.4 is 5.73 Å². The van der Waals surface area contributed by atoms with E-state index < -0.39 is 0 Å². The van der Waals surface area contributed by atoms with E-state index in [9.17, 15) is 0 Å². The predicted molar refractivity (Wildman–Crippen MR) is 73.5 cm³/mol. The maximum Gasteiger partial charge on any atom is 0.258 e. The van der Waals surface area contributed by atoms with Gasteiger partial charge in [-0.05, 0) is 38.0 Å². The molecule has 1 atom stereocenters. The van der Waals surface area contributed by atoms with Gasteiger partial charge in [0.05, 0.1) is 0 Å². The first kappa shape index (κ1) is 13.5. The van der Waals surface area contributed by atoms with Crippen molar-refractivity contribution >= 4 is 5.69 Å². The lowest BCUT2D eigenvalue weighted by Crippen LogP contribution is -2.04. The molecule has 1 heterocycles. The number of nitrogen functional groups attached to an aromatic ring is 1. The molecule has 0 fully saturated rings. The maximum absolute atomic E-state index is 5.79. The van der Waals surface area contributed by atoms with Crippen molar-refractivity contribution in [3.05, 3.63) is 29.6 Å². The fourth-order valence-corrected chi connectivity index (χ4v) is 1.92. The highest BCUT2D eigenvalue weighted by atomic mass is 16.5. The number of nitrogens with two attached hydrogens (primary N) is 1. The Morgan fingerprint density at radius 1 is 1.37 bits per heavy atom. The van der Waals surface area contributed by atoms with Gasteiger partial charge in [-0.3, -0.25) is 0 Å². The molecule has 2 N–H and O–H groups in total. The number of nitrogens with zero attached hydrogens (tertiary/aromatic N) is 2. The van der Waals surface area contributed by atoms with Gasteiger partial charge in [0.25, 0.3) is 5.89 Å². The number of rotatable bonds is 5. The number of hydrogen-bond acceptors (Lipinski definition) is 5. The molecule has 19 heavy (non-hydrogen) atoms. The third-order valence-electron chi connectivity index (χ3n) is 2.96. The van der Waals surface area contributed by atoms with Crippen LogP contribution in [-0.2, 0) is 4.74 Å². The minimum Gasteiger partial charge on any atom is -0.399 e. The van der Waals surface area contributed by atoms with Gasteiger partial charge in [0.1, 0.15) is 6.10 Å². The van der Waals surface area contributed by atoms with Gasteiger partial charge in [0.2, 0.25) is 5.82 Å². The van der Waals surface area contributed by atoms with Gasteiger partial charge < -0.3 is 15.0 Å². The Morgan fingerprint density at radius 3 is 2.84 bits per heavy atom. The molecule has 0 radical (unpaired) electrons. The van der Waals surface area contributed by atoms with Gasteiger partial charge in [-0.15, -0.1) is 0 Å². The van der Waals surface area contributed by atoms with Crippen LogP contribution >= 0.6 is 0 Å². The van der Waals surface area contributed by atoms with E-state index in [0.29, 0.717) is 24.0 Å². The van der Waals surface area contributed by atoms with Crippen molar-refractivity contribution in [2.24, 2.45) is 0 Å². The molecule has 5 heteroatoms. The molecular formula is C14H19N3O2. The summed E-state index contributed by atoms with van der Waals surface area (Å²) < 4.78 is 10.9. The quantitative estimate of drug-likeness (QED) is 0.837. The van der Waals surface area contributed by atoms with E-state index in [1.807, 2.05) is 39.0 Å². The molecule has 2 aromatic rings. The number of hydrogen-bond donors (Lipinski definition) is 1. The van der Waals surface area contributed by atoms with E-state index >= 15 is 0 Å². The average Bonchev–Trinajstić information content (AvgIpc) is 2.88. The lowest BCUT2D eigenvalue weighted by molar-refractivity contribution is 0.0518. The van der Waals surface area contributed by atoms with E-state index in [4.69, 9.17) is 15.0 Å². The second-order valence-corrected chi connectivity index (χ2v) is 4.38. The standard InChI is InChI=1S/C14H19N3O2/c1-4-12(18-5-2)13-16-14(19-17-13)11-8-10(15)7-6-9(11)3/h6-8,12H,4-5,15H2,1-3H3. The number of aromatic nitrogens is 2. The van der Waals surface area contributed by atoms with Crippen molar-refractivity contribution in [3.63, 3.8) is 0 Å². The molecule has 0 bridgehead atoms. The Labute approximate surface area is 112 Å². The Bertz CT molecular complexity index is 551. The summed E-state index contributed by atoms with van der Waals surface area (Å²) in [5, 5.41) is 4.00. The van der Waals surface area contributed by atoms with Crippen LogP contribution in [0.2, 0.25) is 0 Å². The van der Waals surface area contributed by atoms with E-state index in [-0.39, 0.29) is 6.10 Å². The van der Waals surface area contributed by atoms with Crippen LogP contribution in [0, 0.1) is 6.92 Å². The second-order valence-electron chi connectivity index (χ2n) is 4.38. The summed E-state index contributed by atoms with van der Waals surface area (Å²) in [5.41, 5.74) is 8.38. The van der Waals surface area contributed by atoms with Gasteiger partial charge >= 0.3 is 0 Å². The van der Waals surface area contributed by atoms with Gasteiger partial charge in [-0.1, -0.05) is 18.1 Å². The summed E-state index contributed by atoms with van der Waals surface area (Å²) in [6, 6.07) is 5.63. The van der Waals surface area contributed by atoms with Crippen molar-refractivity contribution in [2.45, 2.75) is 33.3 Å². The molecule has 102 valence electrons. The highest BCUT2D eigenvalue weighted by molar-refractivity contribution is 5.63. The number of ether oxygens (including phenoxy) is 1. The normalized spacial score (nSPS) is 12.6. The fourth-order valence-electron chi connectivity index (χ4n) is 1.92. The lowest BCUT2D eigenvalue weighted by atomic mass is 10.1. The van der Waals surface area contributed by atoms with Gasteiger partial charge in [0.15, 0.2) is 0 Å². The lowest BCUT2D eigenvalue weighted by Gasteiger charge is -2.09. The summed E-state index contributed by atoms with van der Waals surface area (Å²) in [5.74, 6) is 1.07. The van der Waals surface area contributed by atoms with E-state index in [2.05, 4.69) is 10.1 Å².